The summed E-state index contributed by atoms with van der Waals surface area (Å²) in [4.78, 5) is 15.9. The first kappa shape index (κ1) is 14.2. The monoisotopic (exact) mass is 270 g/mol. The van der Waals surface area contributed by atoms with E-state index >= 15 is 0 Å². The van der Waals surface area contributed by atoms with Crippen molar-refractivity contribution >= 4 is 5.97 Å². The molecule has 0 spiro atoms. The lowest BCUT2D eigenvalue weighted by molar-refractivity contribution is -0.143. The molecule has 1 heterocycles. The third kappa shape index (κ3) is 2.56. The number of pyridine rings is 1. The van der Waals surface area contributed by atoms with Crippen LogP contribution in [0.3, 0.4) is 0 Å². The number of hydrogen-bond acceptors (Lipinski definition) is 3. The maximum Gasteiger partial charge on any atom is 0.315 e. The van der Waals surface area contributed by atoms with Crippen LogP contribution in [0.2, 0.25) is 0 Å². The number of benzene rings is 1. The average molecular weight is 270 g/mol. The molecule has 0 radical (unpaired) electrons. The van der Waals surface area contributed by atoms with Gasteiger partial charge in [-0.15, -0.1) is 0 Å². The van der Waals surface area contributed by atoms with E-state index in [1.54, 1.807) is 12.4 Å². The molecule has 20 heavy (non-hydrogen) atoms. The molecule has 1 unspecified atom stereocenters. The highest BCUT2D eigenvalue weighted by atomic mass is 16.4. The van der Waals surface area contributed by atoms with E-state index in [0.717, 1.165) is 16.7 Å². The molecule has 0 bridgehead atoms. The highest BCUT2D eigenvalue weighted by Crippen LogP contribution is 2.30. The highest BCUT2D eigenvalue weighted by Gasteiger charge is 2.40. The van der Waals surface area contributed by atoms with Crippen molar-refractivity contribution in [3.05, 3.63) is 65.5 Å². The van der Waals surface area contributed by atoms with Crippen molar-refractivity contribution in [1.29, 1.82) is 0 Å². The fourth-order valence-corrected chi connectivity index (χ4v) is 2.51. The fourth-order valence-electron chi connectivity index (χ4n) is 2.51. The van der Waals surface area contributed by atoms with Crippen molar-refractivity contribution in [3.8, 4) is 0 Å². The first-order valence-corrected chi connectivity index (χ1v) is 6.48. The topological polar surface area (TPSA) is 76.2 Å². The van der Waals surface area contributed by atoms with Gasteiger partial charge >= 0.3 is 5.97 Å². The summed E-state index contributed by atoms with van der Waals surface area (Å²) in [5, 5.41) is 9.77. The van der Waals surface area contributed by atoms with Crippen LogP contribution in [-0.2, 0) is 16.6 Å². The Balaban J connectivity index is 2.51. The molecule has 0 saturated carbocycles. The number of nitrogens with zero attached hydrogens (tertiary/aromatic N) is 1. The lowest BCUT2D eigenvalue weighted by Crippen LogP contribution is -2.45. The third-order valence-corrected chi connectivity index (χ3v) is 3.67. The van der Waals surface area contributed by atoms with Crippen molar-refractivity contribution in [2.45, 2.75) is 18.8 Å². The van der Waals surface area contributed by atoms with E-state index in [1.807, 2.05) is 43.3 Å². The zero-order valence-electron chi connectivity index (χ0n) is 11.4. The number of aliphatic carboxylic acids is 1. The number of aryl methyl sites for hydroxylation is 1. The largest absolute Gasteiger partial charge is 0.481 e. The Morgan fingerprint density at radius 1 is 1.25 bits per heavy atom. The Bertz CT molecular complexity index is 598. The molecule has 1 aromatic carbocycles. The van der Waals surface area contributed by atoms with Crippen molar-refractivity contribution in [1.82, 2.24) is 4.98 Å². The first-order chi connectivity index (χ1) is 9.60. The minimum Gasteiger partial charge on any atom is -0.481 e. The van der Waals surface area contributed by atoms with E-state index in [0.29, 0.717) is 6.42 Å². The van der Waals surface area contributed by atoms with Crippen molar-refractivity contribution in [2.24, 2.45) is 5.73 Å². The molecule has 104 valence electrons. The van der Waals surface area contributed by atoms with Crippen molar-refractivity contribution in [3.63, 3.8) is 0 Å². The van der Waals surface area contributed by atoms with Gasteiger partial charge in [0.1, 0.15) is 5.41 Å². The van der Waals surface area contributed by atoms with Gasteiger partial charge < -0.3 is 10.8 Å². The van der Waals surface area contributed by atoms with Crippen LogP contribution in [0.15, 0.2) is 48.8 Å². The molecule has 0 aliphatic carbocycles. The lowest BCUT2D eigenvalue weighted by atomic mass is 9.74. The van der Waals surface area contributed by atoms with Gasteiger partial charge in [0, 0.05) is 18.9 Å². The second kappa shape index (κ2) is 5.84. The summed E-state index contributed by atoms with van der Waals surface area (Å²) in [7, 11) is 0. The predicted octanol–water partition coefficient (Wildman–Crippen LogP) is 1.91. The summed E-state index contributed by atoms with van der Waals surface area (Å²) < 4.78 is 0. The van der Waals surface area contributed by atoms with Crippen LogP contribution in [0.5, 0.6) is 0 Å². The minimum atomic E-state index is -1.10. The van der Waals surface area contributed by atoms with Crippen LogP contribution in [0.4, 0.5) is 0 Å². The number of carbonyl (C=O) groups is 1. The molecule has 2 aromatic rings. The molecule has 0 saturated heterocycles. The highest BCUT2D eigenvalue weighted by molar-refractivity contribution is 5.83. The Labute approximate surface area is 118 Å². The lowest BCUT2D eigenvalue weighted by Gasteiger charge is -2.30. The average Bonchev–Trinajstić information content (AvgIpc) is 2.46. The molecule has 4 nitrogen and oxygen atoms in total. The van der Waals surface area contributed by atoms with E-state index in [9.17, 15) is 9.90 Å². The molecular formula is C16H18N2O2. The number of hydrogen-bond donors (Lipinski definition) is 2. The van der Waals surface area contributed by atoms with Gasteiger partial charge in [0.2, 0.25) is 0 Å². The van der Waals surface area contributed by atoms with Gasteiger partial charge in [-0.2, -0.15) is 0 Å². The standard InChI is InChI=1S/C16H18N2O2/c1-12-4-2-3-5-14(12)16(11-17,15(19)20)10-13-6-8-18-9-7-13/h2-9H,10-11,17H2,1H3,(H,19,20). The van der Waals surface area contributed by atoms with Gasteiger partial charge in [0.05, 0.1) is 0 Å². The number of carboxylic acids is 1. The molecule has 4 heteroatoms. The third-order valence-electron chi connectivity index (χ3n) is 3.67. The van der Waals surface area contributed by atoms with Gasteiger partial charge in [-0.25, -0.2) is 0 Å². The molecule has 3 N–H and O–H groups in total. The Hall–Kier alpha value is -2.20. The van der Waals surface area contributed by atoms with E-state index in [-0.39, 0.29) is 6.54 Å². The SMILES string of the molecule is Cc1ccccc1C(CN)(Cc1ccncc1)C(=O)O. The number of carboxylic acid groups (broad SMARTS) is 1. The maximum atomic E-state index is 11.9. The molecule has 1 aromatic heterocycles. The fraction of sp³-hybridized carbons (Fsp3) is 0.250. The molecule has 0 amide bonds. The smallest absolute Gasteiger partial charge is 0.315 e. The second-order valence-electron chi connectivity index (χ2n) is 4.94. The van der Waals surface area contributed by atoms with Gasteiger partial charge in [0.15, 0.2) is 0 Å². The minimum absolute atomic E-state index is 0.0511. The van der Waals surface area contributed by atoms with Gasteiger partial charge in [-0.3, -0.25) is 9.78 Å². The van der Waals surface area contributed by atoms with E-state index in [1.165, 1.54) is 0 Å². The molecule has 1 atom stereocenters. The van der Waals surface area contributed by atoms with Gasteiger partial charge in [0.25, 0.3) is 0 Å². The van der Waals surface area contributed by atoms with E-state index in [4.69, 9.17) is 5.73 Å². The number of nitrogens with two attached hydrogens (primary N) is 1. The quantitative estimate of drug-likeness (QED) is 0.870. The predicted molar refractivity (Wildman–Crippen MR) is 77.5 cm³/mol. The van der Waals surface area contributed by atoms with Crippen LogP contribution < -0.4 is 5.73 Å². The van der Waals surface area contributed by atoms with Gasteiger partial charge in [-0.1, -0.05) is 24.3 Å². The van der Waals surface area contributed by atoms with Gasteiger partial charge in [-0.05, 0) is 42.2 Å². The van der Waals surface area contributed by atoms with Crippen molar-refractivity contribution in [2.75, 3.05) is 6.54 Å². The summed E-state index contributed by atoms with van der Waals surface area (Å²) >= 11 is 0. The maximum absolute atomic E-state index is 11.9. The van der Waals surface area contributed by atoms with Crippen molar-refractivity contribution < 1.29 is 9.90 Å². The molecule has 0 aliphatic rings. The van der Waals surface area contributed by atoms with E-state index in [2.05, 4.69) is 4.98 Å². The summed E-state index contributed by atoms with van der Waals surface area (Å²) in [6.07, 6.45) is 3.68. The second-order valence-corrected chi connectivity index (χ2v) is 4.94. The number of aromatic nitrogens is 1. The van der Waals surface area contributed by atoms with Crippen LogP contribution in [-0.4, -0.2) is 22.6 Å². The van der Waals surface area contributed by atoms with Crippen LogP contribution >= 0.6 is 0 Å². The summed E-state index contributed by atoms with van der Waals surface area (Å²) in [6, 6.07) is 11.2. The Morgan fingerprint density at radius 2 is 1.90 bits per heavy atom. The molecule has 0 aliphatic heterocycles. The normalized spacial score (nSPS) is 13.7. The molecular weight excluding hydrogens is 252 g/mol. The zero-order chi connectivity index (χ0) is 14.6. The van der Waals surface area contributed by atoms with Crippen LogP contribution in [0.25, 0.3) is 0 Å². The Kier molecular flexibility index (Phi) is 4.15. The summed E-state index contributed by atoms with van der Waals surface area (Å²) in [5.41, 5.74) is 7.38. The summed E-state index contributed by atoms with van der Waals surface area (Å²) in [6.45, 7) is 1.96. The van der Waals surface area contributed by atoms with Crippen LogP contribution in [0, 0.1) is 6.92 Å². The molecule has 0 fully saturated rings. The van der Waals surface area contributed by atoms with E-state index < -0.39 is 11.4 Å². The Morgan fingerprint density at radius 3 is 2.45 bits per heavy atom. The summed E-state index contributed by atoms with van der Waals surface area (Å²) in [5.74, 6) is -0.897. The molecule has 2 rings (SSSR count). The zero-order valence-corrected chi connectivity index (χ0v) is 11.4. The van der Waals surface area contributed by atoms with Crippen LogP contribution in [0.1, 0.15) is 16.7 Å². The first-order valence-electron chi connectivity index (χ1n) is 6.48. The number of rotatable bonds is 5.